The Morgan fingerprint density at radius 1 is 1.42 bits per heavy atom. The van der Waals surface area contributed by atoms with Crippen molar-refractivity contribution < 1.29 is 4.79 Å². The first-order valence-corrected chi connectivity index (χ1v) is 10.3. The van der Waals surface area contributed by atoms with Gasteiger partial charge in [-0.1, -0.05) is 6.42 Å². The molecule has 0 unspecified atom stereocenters. The molecular formula is C19H25N5OS. The molecule has 1 saturated heterocycles. The molecule has 1 atom stereocenters. The number of hydrogen-bond acceptors (Lipinski definition) is 5. The van der Waals surface area contributed by atoms with E-state index in [9.17, 15) is 4.79 Å². The smallest absolute Gasteiger partial charge is 0.259 e. The third-order valence-electron chi connectivity index (χ3n) is 5.03. The third-order valence-corrected chi connectivity index (χ3v) is 6.02. The van der Waals surface area contributed by atoms with E-state index in [4.69, 9.17) is 0 Å². The number of carbonyl (C=O) groups is 1. The maximum absolute atomic E-state index is 12.8. The molecule has 0 radical (unpaired) electrons. The summed E-state index contributed by atoms with van der Waals surface area (Å²) in [5.41, 5.74) is 3.17. The number of amides is 1. The van der Waals surface area contributed by atoms with Crippen LogP contribution in [0.15, 0.2) is 29.6 Å². The number of pyridine rings is 1. The number of aryl methyl sites for hydroxylation is 1. The van der Waals surface area contributed by atoms with Crippen molar-refractivity contribution in [3.63, 3.8) is 0 Å². The molecule has 0 aliphatic carbocycles. The minimum Gasteiger partial charge on any atom is -0.348 e. The molecule has 138 valence electrons. The Hall–Kier alpha value is -1.99. The summed E-state index contributed by atoms with van der Waals surface area (Å²) in [6.07, 6.45) is 9.20. The zero-order valence-corrected chi connectivity index (χ0v) is 15.9. The lowest BCUT2D eigenvalue weighted by Crippen LogP contribution is -2.42. The van der Waals surface area contributed by atoms with Crippen LogP contribution >= 0.6 is 11.8 Å². The van der Waals surface area contributed by atoms with E-state index >= 15 is 0 Å². The summed E-state index contributed by atoms with van der Waals surface area (Å²) in [5, 5.41) is 7.74. The normalized spacial score (nSPS) is 21.3. The van der Waals surface area contributed by atoms with Crippen LogP contribution in [0.1, 0.15) is 24.8 Å². The van der Waals surface area contributed by atoms with Crippen molar-refractivity contribution in [2.45, 2.75) is 32.2 Å². The van der Waals surface area contributed by atoms with Crippen molar-refractivity contribution in [1.29, 1.82) is 0 Å². The quantitative estimate of drug-likeness (QED) is 0.773. The monoisotopic (exact) mass is 371 g/mol. The number of thioether (sulfide) groups is 1. The van der Waals surface area contributed by atoms with Crippen LogP contribution in [0.4, 0.5) is 5.69 Å². The first-order valence-electron chi connectivity index (χ1n) is 9.28. The lowest BCUT2D eigenvalue weighted by Gasteiger charge is -2.27. The number of aromatic amines is 1. The molecule has 0 spiro atoms. The number of hydrogen-bond donors (Lipinski definition) is 3. The fraction of sp³-hybridized carbons (Fsp3) is 0.474. The summed E-state index contributed by atoms with van der Waals surface area (Å²) in [5.74, 6) is 0.944. The molecular weight excluding hydrogens is 346 g/mol. The Balaban J connectivity index is 1.55. The van der Waals surface area contributed by atoms with Crippen molar-refractivity contribution in [3.05, 3.63) is 35.1 Å². The molecule has 2 aromatic heterocycles. The standard InChI is InChI=1S/C19H25N5OS/c1-13-10-22-18-17(13)15(5-7-21-18)24-8-9-26-16(12-24)19(25)23-14-4-2-3-6-20-11-14/h5,7,10,12,14,20H,2-4,6,8-9,11H2,1H3,(H,21,22)(H,23,25)/t14-/m0/s1. The van der Waals surface area contributed by atoms with Gasteiger partial charge in [-0.3, -0.25) is 4.79 Å². The maximum atomic E-state index is 12.8. The summed E-state index contributed by atoms with van der Waals surface area (Å²) >= 11 is 1.64. The third kappa shape index (κ3) is 3.59. The highest BCUT2D eigenvalue weighted by atomic mass is 32.2. The molecule has 0 aromatic carbocycles. The van der Waals surface area contributed by atoms with Gasteiger partial charge in [0.05, 0.1) is 10.6 Å². The minimum absolute atomic E-state index is 0.0458. The fourth-order valence-corrected chi connectivity index (χ4v) is 4.55. The number of carbonyl (C=O) groups excluding carboxylic acids is 1. The van der Waals surface area contributed by atoms with Gasteiger partial charge in [-0.2, -0.15) is 0 Å². The number of H-pyrrole nitrogens is 1. The van der Waals surface area contributed by atoms with Gasteiger partial charge in [0.15, 0.2) is 0 Å². The summed E-state index contributed by atoms with van der Waals surface area (Å²) in [6, 6.07) is 2.25. The van der Waals surface area contributed by atoms with E-state index in [1.165, 1.54) is 12.0 Å². The molecule has 1 fully saturated rings. The summed E-state index contributed by atoms with van der Waals surface area (Å²) in [6.45, 7) is 4.88. The number of anilines is 1. The average molecular weight is 372 g/mol. The van der Waals surface area contributed by atoms with Crippen LogP contribution in [0.3, 0.4) is 0 Å². The van der Waals surface area contributed by atoms with Crippen molar-refractivity contribution in [3.8, 4) is 0 Å². The van der Waals surface area contributed by atoms with Crippen molar-refractivity contribution in [2.24, 2.45) is 0 Å². The van der Waals surface area contributed by atoms with E-state index in [1.54, 1.807) is 11.8 Å². The van der Waals surface area contributed by atoms with E-state index in [1.807, 2.05) is 24.7 Å². The van der Waals surface area contributed by atoms with Crippen LogP contribution in [0.2, 0.25) is 0 Å². The number of aromatic nitrogens is 2. The first-order chi connectivity index (χ1) is 12.7. The van der Waals surface area contributed by atoms with Gasteiger partial charge in [-0.05, 0) is 37.9 Å². The van der Waals surface area contributed by atoms with Crippen LogP contribution in [0.25, 0.3) is 11.0 Å². The second-order valence-corrected chi connectivity index (χ2v) is 8.07. The second kappa shape index (κ2) is 7.72. The number of nitrogens with one attached hydrogen (secondary N) is 3. The molecule has 3 N–H and O–H groups in total. The van der Waals surface area contributed by atoms with Crippen LogP contribution in [-0.2, 0) is 4.79 Å². The Morgan fingerprint density at radius 2 is 2.35 bits per heavy atom. The van der Waals surface area contributed by atoms with Gasteiger partial charge in [0, 0.05) is 48.9 Å². The van der Waals surface area contributed by atoms with Gasteiger partial charge >= 0.3 is 0 Å². The Kier molecular flexibility index (Phi) is 5.17. The van der Waals surface area contributed by atoms with Gasteiger partial charge < -0.3 is 20.5 Å². The zero-order valence-electron chi connectivity index (χ0n) is 15.0. The average Bonchev–Trinajstić information content (AvgIpc) is 2.88. The Morgan fingerprint density at radius 3 is 3.27 bits per heavy atom. The van der Waals surface area contributed by atoms with Crippen molar-refractivity contribution in [2.75, 3.05) is 30.3 Å². The number of fused-ring (bicyclic) bond motifs is 1. The topological polar surface area (TPSA) is 73.0 Å². The molecule has 1 amide bonds. The second-order valence-electron chi connectivity index (χ2n) is 6.93. The highest BCUT2D eigenvalue weighted by Gasteiger charge is 2.22. The van der Waals surface area contributed by atoms with Gasteiger partial charge in [-0.25, -0.2) is 4.98 Å². The summed E-state index contributed by atoms with van der Waals surface area (Å²) in [4.78, 5) is 23.4. The van der Waals surface area contributed by atoms with Crippen molar-refractivity contribution >= 4 is 34.4 Å². The van der Waals surface area contributed by atoms with E-state index in [0.29, 0.717) is 0 Å². The molecule has 4 heterocycles. The number of nitrogens with zero attached hydrogens (tertiary/aromatic N) is 2. The largest absolute Gasteiger partial charge is 0.348 e. The molecule has 4 rings (SSSR count). The van der Waals surface area contributed by atoms with E-state index in [2.05, 4.69) is 32.4 Å². The first kappa shape index (κ1) is 17.4. The molecule has 26 heavy (non-hydrogen) atoms. The molecule has 2 aromatic rings. The SMILES string of the molecule is Cc1c[nH]c2nccc(N3C=C(C(=O)N[C@H]4CCCCNC4)SCC3)c12. The lowest BCUT2D eigenvalue weighted by atomic mass is 10.1. The zero-order chi connectivity index (χ0) is 17.9. The molecule has 2 aliphatic rings. The predicted molar refractivity (Wildman–Crippen MR) is 107 cm³/mol. The fourth-order valence-electron chi connectivity index (χ4n) is 3.65. The Bertz CT molecular complexity index is 822. The predicted octanol–water partition coefficient (Wildman–Crippen LogP) is 2.52. The highest BCUT2D eigenvalue weighted by Crippen LogP contribution is 2.32. The van der Waals surface area contributed by atoms with E-state index < -0.39 is 0 Å². The van der Waals surface area contributed by atoms with E-state index in [0.717, 1.165) is 59.9 Å². The molecule has 7 heteroatoms. The minimum atomic E-state index is 0.0458. The van der Waals surface area contributed by atoms with Crippen LogP contribution in [0.5, 0.6) is 0 Å². The van der Waals surface area contributed by atoms with Gasteiger partial charge in [0.2, 0.25) is 0 Å². The van der Waals surface area contributed by atoms with Gasteiger partial charge in [0.1, 0.15) is 5.65 Å². The maximum Gasteiger partial charge on any atom is 0.259 e. The molecule has 2 aliphatic heterocycles. The van der Waals surface area contributed by atoms with Crippen molar-refractivity contribution in [1.82, 2.24) is 20.6 Å². The van der Waals surface area contributed by atoms with E-state index in [-0.39, 0.29) is 11.9 Å². The van der Waals surface area contributed by atoms with Gasteiger partial charge in [-0.15, -0.1) is 11.8 Å². The highest BCUT2D eigenvalue weighted by molar-refractivity contribution is 8.04. The Labute approximate surface area is 157 Å². The molecule has 0 saturated carbocycles. The number of rotatable bonds is 3. The van der Waals surface area contributed by atoms with Crippen LogP contribution in [0, 0.1) is 6.92 Å². The molecule has 6 nitrogen and oxygen atoms in total. The summed E-state index contributed by atoms with van der Waals surface area (Å²) < 4.78 is 0. The van der Waals surface area contributed by atoms with Crippen LogP contribution < -0.4 is 15.5 Å². The van der Waals surface area contributed by atoms with Gasteiger partial charge in [0.25, 0.3) is 5.91 Å². The summed E-state index contributed by atoms with van der Waals surface area (Å²) in [7, 11) is 0. The molecule has 0 bridgehead atoms. The van der Waals surface area contributed by atoms with Crippen LogP contribution in [-0.4, -0.2) is 47.3 Å². The lowest BCUT2D eigenvalue weighted by molar-refractivity contribution is -0.117.